The lowest BCUT2D eigenvalue weighted by Gasteiger charge is -2.17. The second-order valence-electron chi connectivity index (χ2n) is 7.47. The number of alkyl halides is 3. The number of anilines is 2. The molecule has 2 aromatic heterocycles. The summed E-state index contributed by atoms with van der Waals surface area (Å²) in [5.41, 5.74) is 1.73. The zero-order valence-corrected chi connectivity index (χ0v) is 17.3. The highest BCUT2D eigenvalue weighted by atomic mass is 19.4. The van der Waals surface area contributed by atoms with Crippen LogP contribution in [0, 0.1) is 0 Å². The number of hydrogen-bond acceptors (Lipinski definition) is 4. The molecule has 2 N–H and O–H groups in total. The van der Waals surface area contributed by atoms with Crippen LogP contribution < -0.4 is 16.2 Å². The summed E-state index contributed by atoms with van der Waals surface area (Å²) >= 11 is 0. The van der Waals surface area contributed by atoms with Gasteiger partial charge in [0.25, 0.3) is 5.56 Å². The number of nitrogens with one attached hydrogen (secondary N) is 2. The van der Waals surface area contributed by atoms with E-state index in [0.717, 1.165) is 21.2 Å². The number of pyridine rings is 1. The molecule has 2 heterocycles. The van der Waals surface area contributed by atoms with Crippen LogP contribution in [0.4, 0.5) is 24.5 Å². The second kappa shape index (κ2) is 8.03. The third-order valence-electron chi connectivity index (χ3n) is 5.24. The Hall–Kier alpha value is -3.82. The number of carbonyl (C=O) groups is 1. The van der Waals surface area contributed by atoms with Gasteiger partial charge >= 0.3 is 6.18 Å². The molecular formula is C22H20F3N5O2. The molecule has 0 radical (unpaired) electrons. The largest absolute Gasteiger partial charge is 0.405 e. The number of aryl methyl sites for hydroxylation is 1. The second-order valence-corrected chi connectivity index (χ2v) is 7.47. The number of hydrogen-bond donors (Lipinski definition) is 2. The number of amides is 1. The van der Waals surface area contributed by atoms with E-state index in [0.29, 0.717) is 16.5 Å². The molecule has 0 spiro atoms. The minimum absolute atomic E-state index is 0.330. The van der Waals surface area contributed by atoms with Crippen LogP contribution in [-0.4, -0.2) is 33.0 Å². The summed E-state index contributed by atoms with van der Waals surface area (Å²) in [6.45, 7) is -0.0759. The normalized spacial score (nSPS) is 12.8. The highest BCUT2D eigenvalue weighted by molar-refractivity contribution is 5.95. The van der Waals surface area contributed by atoms with Gasteiger partial charge in [0, 0.05) is 24.3 Å². The lowest BCUT2D eigenvalue weighted by Crippen LogP contribution is -2.40. The van der Waals surface area contributed by atoms with Crippen LogP contribution in [0.3, 0.4) is 0 Å². The van der Waals surface area contributed by atoms with Crippen molar-refractivity contribution in [2.75, 3.05) is 11.9 Å². The van der Waals surface area contributed by atoms with Gasteiger partial charge in [-0.25, -0.2) is 0 Å². The molecule has 32 heavy (non-hydrogen) atoms. The fraction of sp³-hybridized carbons (Fsp3) is 0.227. The summed E-state index contributed by atoms with van der Waals surface area (Å²) in [7, 11) is 1.84. The molecule has 1 atom stereocenters. The van der Waals surface area contributed by atoms with E-state index in [9.17, 15) is 22.8 Å². The minimum atomic E-state index is -4.53. The number of aromatic nitrogens is 3. The van der Waals surface area contributed by atoms with Gasteiger partial charge in [-0.05, 0) is 42.6 Å². The molecule has 166 valence electrons. The summed E-state index contributed by atoms with van der Waals surface area (Å²) in [5.74, 6) is -0.892. The minimum Gasteiger partial charge on any atom is -0.355 e. The maximum absolute atomic E-state index is 13.2. The molecule has 0 aliphatic heterocycles. The van der Waals surface area contributed by atoms with Crippen molar-refractivity contribution in [3.05, 3.63) is 65.2 Å². The van der Waals surface area contributed by atoms with E-state index in [1.807, 2.05) is 30.6 Å². The van der Waals surface area contributed by atoms with Crippen molar-refractivity contribution < 1.29 is 18.0 Å². The Balaban J connectivity index is 1.69. The van der Waals surface area contributed by atoms with Gasteiger partial charge in [0.2, 0.25) is 5.91 Å². The SMILES string of the molecule is CC(C(=O)NCC(F)(F)F)n1ccc2cccc(Nc3ccc4c(cnn4C)c3)c2c1=O. The number of rotatable bonds is 5. The molecule has 7 nitrogen and oxygen atoms in total. The van der Waals surface area contributed by atoms with E-state index in [1.165, 1.54) is 13.1 Å². The summed E-state index contributed by atoms with van der Waals surface area (Å²) in [5, 5.41) is 11.2. The van der Waals surface area contributed by atoms with Crippen LogP contribution >= 0.6 is 0 Å². The van der Waals surface area contributed by atoms with Crippen LogP contribution in [0.5, 0.6) is 0 Å². The fourth-order valence-electron chi connectivity index (χ4n) is 3.57. The first-order chi connectivity index (χ1) is 15.1. The topological polar surface area (TPSA) is 81.0 Å². The van der Waals surface area contributed by atoms with Crippen molar-refractivity contribution in [1.29, 1.82) is 0 Å². The molecule has 10 heteroatoms. The molecular weight excluding hydrogens is 423 g/mol. The predicted molar refractivity (Wildman–Crippen MR) is 116 cm³/mol. The maximum Gasteiger partial charge on any atom is 0.405 e. The highest BCUT2D eigenvalue weighted by Gasteiger charge is 2.29. The van der Waals surface area contributed by atoms with E-state index in [-0.39, 0.29) is 0 Å². The lowest BCUT2D eigenvalue weighted by molar-refractivity contribution is -0.140. The van der Waals surface area contributed by atoms with E-state index in [4.69, 9.17) is 0 Å². The average Bonchev–Trinajstić information content (AvgIpc) is 3.11. The first-order valence-electron chi connectivity index (χ1n) is 9.81. The van der Waals surface area contributed by atoms with Crippen molar-refractivity contribution in [3.63, 3.8) is 0 Å². The smallest absolute Gasteiger partial charge is 0.355 e. The standard InChI is InChI=1S/C22H20F3N5O2/c1-13(20(31)26-12-22(23,24)25)30-9-8-14-4-3-5-17(19(14)21(30)32)28-16-6-7-18-15(10-16)11-27-29(18)2/h3-11,13,28H,12H2,1-2H3,(H,26,31). The molecule has 0 fully saturated rings. The zero-order chi connectivity index (χ0) is 23.0. The fourth-order valence-corrected chi connectivity index (χ4v) is 3.57. The van der Waals surface area contributed by atoms with Crippen molar-refractivity contribution in [1.82, 2.24) is 19.7 Å². The molecule has 0 saturated carbocycles. The monoisotopic (exact) mass is 443 g/mol. The van der Waals surface area contributed by atoms with Crippen LogP contribution in [0.2, 0.25) is 0 Å². The number of fused-ring (bicyclic) bond motifs is 2. The van der Waals surface area contributed by atoms with Crippen LogP contribution in [0.1, 0.15) is 13.0 Å². The van der Waals surface area contributed by atoms with Crippen molar-refractivity contribution in [2.24, 2.45) is 7.05 Å². The van der Waals surface area contributed by atoms with Crippen LogP contribution in [0.15, 0.2) is 59.7 Å². The van der Waals surface area contributed by atoms with Crippen LogP contribution in [-0.2, 0) is 11.8 Å². The van der Waals surface area contributed by atoms with E-state index >= 15 is 0 Å². The molecule has 0 aliphatic carbocycles. The number of carbonyl (C=O) groups excluding carboxylic acids is 1. The van der Waals surface area contributed by atoms with Gasteiger partial charge in [0.15, 0.2) is 0 Å². The quantitative estimate of drug-likeness (QED) is 0.491. The first kappa shape index (κ1) is 21.4. The molecule has 2 aromatic carbocycles. The molecule has 4 aromatic rings. The summed E-state index contributed by atoms with van der Waals surface area (Å²) in [6, 6.07) is 11.5. The first-order valence-corrected chi connectivity index (χ1v) is 9.81. The van der Waals surface area contributed by atoms with Crippen molar-refractivity contribution in [3.8, 4) is 0 Å². The molecule has 4 rings (SSSR count). The third-order valence-corrected chi connectivity index (χ3v) is 5.24. The van der Waals surface area contributed by atoms with Gasteiger partial charge in [0.1, 0.15) is 12.6 Å². The van der Waals surface area contributed by atoms with Gasteiger partial charge in [-0.2, -0.15) is 18.3 Å². The predicted octanol–water partition coefficient (Wildman–Crippen LogP) is 3.87. The Bertz CT molecular complexity index is 1370. The zero-order valence-electron chi connectivity index (χ0n) is 17.3. The Morgan fingerprint density at radius 2 is 1.94 bits per heavy atom. The molecule has 1 unspecified atom stereocenters. The summed E-state index contributed by atoms with van der Waals surface area (Å²) in [4.78, 5) is 25.4. The van der Waals surface area contributed by atoms with Gasteiger partial charge < -0.3 is 15.2 Å². The molecule has 0 aliphatic rings. The lowest BCUT2D eigenvalue weighted by atomic mass is 10.1. The van der Waals surface area contributed by atoms with E-state index < -0.39 is 30.2 Å². The summed E-state index contributed by atoms with van der Waals surface area (Å²) in [6.07, 6.45) is -1.39. The number of nitrogens with zero attached hydrogens (tertiary/aromatic N) is 3. The Morgan fingerprint density at radius 1 is 1.16 bits per heavy atom. The molecule has 0 saturated heterocycles. The maximum atomic E-state index is 13.2. The molecule has 1 amide bonds. The van der Waals surface area contributed by atoms with Gasteiger partial charge in [-0.15, -0.1) is 0 Å². The average molecular weight is 443 g/mol. The van der Waals surface area contributed by atoms with Crippen LogP contribution in [0.25, 0.3) is 21.7 Å². The van der Waals surface area contributed by atoms with Gasteiger partial charge in [-0.3, -0.25) is 14.3 Å². The van der Waals surface area contributed by atoms with Gasteiger partial charge in [0.05, 0.1) is 22.8 Å². The van der Waals surface area contributed by atoms with Crippen molar-refractivity contribution in [2.45, 2.75) is 19.1 Å². The third kappa shape index (κ3) is 4.16. The Labute approximate surface area is 180 Å². The molecule has 0 bridgehead atoms. The Kier molecular flexibility index (Phi) is 5.37. The van der Waals surface area contributed by atoms with Gasteiger partial charge in [-0.1, -0.05) is 12.1 Å². The van der Waals surface area contributed by atoms with Crippen molar-refractivity contribution >= 4 is 39.0 Å². The van der Waals surface area contributed by atoms with E-state index in [1.54, 1.807) is 35.1 Å². The Morgan fingerprint density at radius 3 is 2.69 bits per heavy atom. The highest BCUT2D eigenvalue weighted by Crippen LogP contribution is 2.26. The number of halogens is 3. The summed E-state index contributed by atoms with van der Waals surface area (Å²) < 4.78 is 40.2. The van der Waals surface area contributed by atoms with E-state index in [2.05, 4.69) is 10.4 Å². The number of benzene rings is 2.